The molecule has 1 N–H and O–H groups in total. The molecule has 1 rings (SSSR count). The summed E-state index contributed by atoms with van der Waals surface area (Å²) in [6.45, 7) is 5.36. The number of rotatable bonds is 5. The summed E-state index contributed by atoms with van der Waals surface area (Å²) >= 11 is 5.82. The number of ether oxygens (including phenoxy) is 1. The van der Waals surface area contributed by atoms with E-state index in [0.29, 0.717) is 17.9 Å². The SMILES string of the molecule is CCOC(=O)C(C)Nc1cc(Cl)c([N+](=O)[O-])cc1C. The van der Waals surface area contributed by atoms with Gasteiger partial charge >= 0.3 is 5.97 Å². The van der Waals surface area contributed by atoms with E-state index in [9.17, 15) is 14.9 Å². The molecule has 104 valence electrons. The number of aryl methyl sites for hydroxylation is 1. The standard InChI is InChI=1S/C12H15ClN2O4/c1-4-19-12(16)8(3)14-10-6-9(13)11(15(17)18)5-7(10)2/h5-6,8,14H,4H2,1-3H3. The summed E-state index contributed by atoms with van der Waals surface area (Å²) in [5.74, 6) is -0.392. The van der Waals surface area contributed by atoms with Crippen LogP contribution in [-0.2, 0) is 9.53 Å². The lowest BCUT2D eigenvalue weighted by Gasteiger charge is -2.16. The molecule has 0 aliphatic heterocycles. The smallest absolute Gasteiger partial charge is 0.328 e. The monoisotopic (exact) mass is 286 g/mol. The number of nitro benzene ring substituents is 1. The molecule has 0 spiro atoms. The van der Waals surface area contributed by atoms with Crippen LogP contribution in [0.25, 0.3) is 0 Å². The number of hydrogen-bond acceptors (Lipinski definition) is 5. The molecule has 6 nitrogen and oxygen atoms in total. The van der Waals surface area contributed by atoms with Crippen LogP contribution in [0.4, 0.5) is 11.4 Å². The third kappa shape index (κ3) is 3.82. The van der Waals surface area contributed by atoms with E-state index in [-0.39, 0.29) is 10.7 Å². The van der Waals surface area contributed by atoms with Crippen molar-refractivity contribution in [3.8, 4) is 0 Å². The van der Waals surface area contributed by atoms with Crippen LogP contribution in [-0.4, -0.2) is 23.5 Å². The molecule has 1 aromatic rings. The summed E-state index contributed by atoms with van der Waals surface area (Å²) in [6, 6.07) is 2.24. The molecule has 0 saturated heterocycles. The van der Waals surface area contributed by atoms with E-state index in [0.717, 1.165) is 0 Å². The van der Waals surface area contributed by atoms with Crippen LogP contribution in [0.3, 0.4) is 0 Å². The van der Waals surface area contributed by atoms with Gasteiger partial charge in [-0.05, 0) is 32.4 Å². The van der Waals surface area contributed by atoms with Crippen molar-refractivity contribution in [2.45, 2.75) is 26.8 Å². The quantitative estimate of drug-likeness (QED) is 0.511. The maximum atomic E-state index is 11.5. The van der Waals surface area contributed by atoms with Crippen LogP contribution < -0.4 is 5.32 Å². The van der Waals surface area contributed by atoms with E-state index in [2.05, 4.69) is 5.32 Å². The van der Waals surface area contributed by atoms with E-state index in [1.54, 1.807) is 20.8 Å². The molecule has 1 atom stereocenters. The van der Waals surface area contributed by atoms with Crippen LogP contribution in [0.5, 0.6) is 0 Å². The van der Waals surface area contributed by atoms with Crippen LogP contribution in [0, 0.1) is 17.0 Å². The summed E-state index contributed by atoms with van der Waals surface area (Å²) in [5, 5.41) is 13.7. The Hall–Kier alpha value is -1.82. The number of nitrogens with one attached hydrogen (secondary N) is 1. The number of nitro groups is 1. The second kappa shape index (κ2) is 6.38. The van der Waals surface area contributed by atoms with Gasteiger partial charge in [-0.2, -0.15) is 0 Å². The molecule has 0 fully saturated rings. The summed E-state index contributed by atoms with van der Waals surface area (Å²) in [5.41, 5.74) is 1.04. The Morgan fingerprint density at radius 2 is 2.21 bits per heavy atom. The van der Waals surface area contributed by atoms with Gasteiger partial charge in [-0.1, -0.05) is 11.6 Å². The molecule has 0 heterocycles. The summed E-state index contributed by atoms with van der Waals surface area (Å²) in [4.78, 5) is 21.7. The molecule has 7 heteroatoms. The van der Waals surface area contributed by atoms with Gasteiger partial charge in [0.1, 0.15) is 11.1 Å². The summed E-state index contributed by atoms with van der Waals surface area (Å²) < 4.78 is 4.87. The molecule has 0 radical (unpaired) electrons. The van der Waals surface area contributed by atoms with E-state index < -0.39 is 16.9 Å². The maximum Gasteiger partial charge on any atom is 0.328 e. The molecular formula is C12H15ClN2O4. The predicted octanol–water partition coefficient (Wildman–Crippen LogP) is 2.92. The normalized spacial score (nSPS) is 11.8. The Morgan fingerprint density at radius 3 is 2.74 bits per heavy atom. The number of hydrogen-bond donors (Lipinski definition) is 1. The lowest BCUT2D eigenvalue weighted by molar-refractivity contribution is -0.384. The van der Waals surface area contributed by atoms with Crippen molar-refractivity contribution in [1.82, 2.24) is 0 Å². The van der Waals surface area contributed by atoms with Crippen molar-refractivity contribution in [3.05, 3.63) is 32.8 Å². The highest BCUT2D eigenvalue weighted by Gasteiger charge is 2.18. The largest absolute Gasteiger partial charge is 0.464 e. The number of carbonyl (C=O) groups is 1. The van der Waals surface area contributed by atoms with Gasteiger partial charge in [-0.3, -0.25) is 10.1 Å². The molecule has 0 aromatic heterocycles. The van der Waals surface area contributed by atoms with Crippen molar-refractivity contribution < 1.29 is 14.5 Å². The zero-order valence-corrected chi connectivity index (χ0v) is 11.7. The minimum atomic E-state index is -0.559. The average Bonchev–Trinajstić information content (AvgIpc) is 2.33. The Kier molecular flexibility index (Phi) is 5.11. The first-order valence-corrected chi connectivity index (χ1v) is 6.12. The molecule has 19 heavy (non-hydrogen) atoms. The number of benzene rings is 1. The fourth-order valence-electron chi connectivity index (χ4n) is 1.52. The van der Waals surface area contributed by atoms with Gasteiger partial charge in [0.15, 0.2) is 0 Å². The second-order valence-electron chi connectivity index (χ2n) is 3.99. The molecule has 0 aliphatic carbocycles. The first kappa shape index (κ1) is 15.2. The first-order chi connectivity index (χ1) is 8.86. The summed E-state index contributed by atoms with van der Waals surface area (Å²) in [6.07, 6.45) is 0. The van der Waals surface area contributed by atoms with Gasteiger partial charge < -0.3 is 10.1 Å². The third-order valence-electron chi connectivity index (χ3n) is 2.50. The highest BCUT2D eigenvalue weighted by atomic mass is 35.5. The third-order valence-corrected chi connectivity index (χ3v) is 2.81. The maximum absolute atomic E-state index is 11.5. The van der Waals surface area contributed by atoms with Gasteiger partial charge in [0.05, 0.1) is 11.5 Å². The van der Waals surface area contributed by atoms with Crippen molar-refractivity contribution in [2.24, 2.45) is 0 Å². The molecule has 1 aromatic carbocycles. The highest BCUT2D eigenvalue weighted by molar-refractivity contribution is 6.33. The Labute approximate surface area is 115 Å². The van der Waals surface area contributed by atoms with Crippen molar-refractivity contribution in [3.63, 3.8) is 0 Å². The lowest BCUT2D eigenvalue weighted by atomic mass is 10.1. The van der Waals surface area contributed by atoms with E-state index in [1.165, 1.54) is 12.1 Å². The second-order valence-corrected chi connectivity index (χ2v) is 4.40. The van der Waals surface area contributed by atoms with Gasteiger partial charge in [-0.25, -0.2) is 4.79 Å². The predicted molar refractivity (Wildman–Crippen MR) is 72.6 cm³/mol. The molecule has 0 saturated carbocycles. The molecule has 0 bridgehead atoms. The number of carbonyl (C=O) groups excluding carboxylic acids is 1. The fourth-order valence-corrected chi connectivity index (χ4v) is 1.75. The van der Waals surface area contributed by atoms with Gasteiger partial charge in [0.25, 0.3) is 5.69 Å². The van der Waals surface area contributed by atoms with Crippen molar-refractivity contribution >= 4 is 28.9 Å². The number of nitrogens with zero attached hydrogens (tertiary/aromatic N) is 1. The Morgan fingerprint density at radius 1 is 1.58 bits per heavy atom. The van der Waals surface area contributed by atoms with Crippen LogP contribution >= 0.6 is 11.6 Å². The average molecular weight is 287 g/mol. The minimum absolute atomic E-state index is 0.0224. The zero-order chi connectivity index (χ0) is 14.6. The number of anilines is 1. The Bertz CT molecular complexity index is 505. The van der Waals surface area contributed by atoms with Gasteiger partial charge in [0, 0.05) is 11.8 Å². The van der Waals surface area contributed by atoms with E-state index in [1.807, 2.05) is 0 Å². The molecule has 1 unspecified atom stereocenters. The molecule has 0 amide bonds. The van der Waals surface area contributed by atoms with Crippen LogP contribution in [0.1, 0.15) is 19.4 Å². The van der Waals surface area contributed by atoms with E-state index >= 15 is 0 Å². The fraction of sp³-hybridized carbons (Fsp3) is 0.417. The van der Waals surface area contributed by atoms with E-state index in [4.69, 9.17) is 16.3 Å². The summed E-state index contributed by atoms with van der Waals surface area (Å²) in [7, 11) is 0. The highest BCUT2D eigenvalue weighted by Crippen LogP contribution is 2.30. The lowest BCUT2D eigenvalue weighted by Crippen LogP contribution is -2.28. The van der Waals surface area contributed by atoms with Gasteiger partial charge in [0.2, 0.25) is 0 Å². The minimum Gasteiger partial charge on any atom is -0.464 e. The van der Waals surface area contributed by atoms with Crippen molar-refractivity contribution in [2.75, 3.05) is 11.9 Å². The van der Waals surface area contributed by atoms with Crippen LogP contribution in [0.15, 0.2) is 12.1 Å². The van der Waals surface area contributed by atoms with Crippen molar-refractivity contribution in [1.29, 1.82) is 0 Å². The topological polar surface area (TPSA) is 81.5 Å². The first-order valence-electron chi connectivity index (χ1n) is 5.74. The Balaban J connectivity index is 2.94. The van der Waals surface area contributed by atoms with Gasteiger partial charge in [-0.15, -0.1) is 0 Å². The zero-order valence-electron chi connectivity index (χ0n) is 10.9. The number of esters is 1. The molecule has 0 aliphatic rings. The number of halogens is 1. The molecular weight excluding hydrogens is 272 g/mol. The van der Waals surface area contributed by atoms with Crippen LogP contribution in [0.2, 0.25) is 5.02 Å².